The van der Waals surface area contributed by atoms with Crippen LogP contribution in [0.3, 0.4) is 0 Å². The minimum Gasteiger partial charge on any atom is -0.462 e. The van der Waals surface area contributed by atoms with E-state index in [1.807, 2.05) is 12.2 Å². The molecule has 0 spiro atoms. The molecule has 1 atom stereocenters. The van der Waals surface area contributed by atoms with Crippen LogP contribution in [0.1, 0.15) is 155 Å². The van der Waals surface area contributed by atoms with Crippen LogP contribution in [0.4, 0.5) is 0 Å². The first kappa shape index (κ1) is 47.5. The van der Waals surface area contributed by atoms with Gasteiger partial charge < -0.3 is 19.3 Å². The third kappa shape index (κ3) is 38.3. The Kier molecular flexibility index (Phi) is 34.5. The van der Waals surface area contributed by atoms with Crippen LogP contribution < -0.4 is 0 Å². The van der Waals surface area contributed by atoms with E-state index in [1.165, 1.54) is 57.8 Å². The van der Waals surface area contributed by atoms with Gasteiger partial charge in [0, 0.05) is 12.8 Å². The Morgan fingerprint density at radius 3 is 1.40 bits per heavy atom. The van der Waals surface area contributed by atoms with Gasteiger partial charge in [-0.3, -0.25) is 14.1 Å². The van der Waals surface area contributed by atoms with E-state index in [1.54, 1.807) is 0 Å². The van der Waals surface area contributed by atoms with Crippen molar-refractivity contribution < 1.29 is 37.9 Å². The van der Waals surface area contributed by atoms with Crippen LogP contribution in [0, 0.1) is 0 Å². The van der Waals surface area contributed by atoms with Crippen molar-refractivity contribution in [2.45, 2.75) is 161 Å². The van der Waals surface area contributed by atoms with Crippen molar-refractivity contribution >= 4 is 19.8 Å². The summed E-state index contributed by atoms with van der Waals surface area (Å²) in [5.74, 6) is -0.986. The molecule has 0 rings (SSSR count). The van der Waals surface area contributed by atoms with Crippen molar-refractivity contribution in [2.24, 2.45) is 0 Å². The SMILES string of the molecule is CC/C=C/C/C=C/C/C=C/C/C=C/C/C=C/C/C=C/CCC(=O)OC[C@H](COP(=O)(O)O)OC(=O)CCCCCCCCCCCCCCC. The third-order valence-electron chi connectivity index (χ3n) is 7.75. The van der Waals surface area contributed by atoms with Crippen LogP contribution in [0.15, 0.2) is 72.9 Å². The molecule has 0 amide bonds. The molecule has 0 aliphatic rings. The molecule has 0 aliphatic heterocycles. The summed E-state index contributed by atoms with van der Waals surface area (Å²) in [5.41, 5.74) is 0. The summed E-state index contributed by atoms with van der Waals surface area (Å²) in [7, 11) is -4.77. The fourth-order valence-electron chi connectivity index (χ4n) is 4.93. The van der Waals surface area contributed by atoms with Crippen molar-refractivity contribution in [3.63, 3.8) is 0 Å². The largest absolute Gasteiger partial charge is 0.469 e. The van der Waals surface area contributed by atoms with Crippen molar-refractivity contribution in [2.75, 3.05) is 13.2 Å². The summed E-state index contributed by atoms with van der Waals surface area (Å²) < 4.78 is 26.2. The fourth-order valence-corrected chi connectivity index (χ4v) is 5.29. The van der Waals surface area contributed by atoms with Crippen LogP contribution >= 0.6 is 7.82 Å². The molecular formula is C41H69O8P. The van der Waals surface area contributed by atoms with Crippen molar-refractivity contribution in [3.05, 3.63) is 72.9 Å². The highest BCUT2D eigenvalue weighted by Crippen LogP contribution is 2.36. The molecule has 0 heterocycles. The Labute approximate surface area is 304 Å². The van der Waals surface area contributed by atoms with E-state index in [-0.39, 0.29) is 19.4 Å². The monoisotopic (exact) mass is 720 g/mol. The first-order valence-electron chi connectivity index (χ1n) is 19.2. The molecule has 0 saturated heterocycles. The molecule has 0 saturated carbocycles. The molecular weight excluding hydrogens is 651 g/mol. The molecule has 0 fully saturated rings. The van der Waals surface area contributed by atoms with Crippen molar-refractivity contribution in [1.82, 2.24) is 0 Å². The predicted octanol–water partition coefficient (Wildman–Crippen LogP) is 11.5. The second-order valence-electron chi connectivity index (χ2n) is 12.5. The lowest BCUT2D eigenvalue weighted by atomic mass is 10.0. The van der Waals surface area contributed by atoms with Gasteiger partial charge in [-0.15, -0.1) is 0 Å². The predicted molar refractivity (Wildman–Crippen MR) is 207 cm³/mol. The van der Waals surface area contributed by atoms with Gasteiger partial charge in [-0.2, -0.15) is 0 Å². The molecule has 0 bridgehead atoms. The van der Waals surface area contributed by atoms with Gasteiger partial charge >= 0.3 is 19.8 Å². The molecule has 286 valence electrons. The summed E-state index contributed by atoms with van der Waals surface area (Å²) in [6.07, 6.45) is 46.3. The summed E-state index contributed by atoms with van der Waals surface area (Å²) in [5, 5.41) is 0. The Bertz CT molecular complexity index is 1040. The Balaban J connectivity index is 4.10. The normalized spacial score (nSPS) is 13.3. The average molecular weight is 721 g/mol. The van der Waals surface area contributed by atoms with Crippen LogP contribution in [0.25, 0.3) is 0 Å². The third-order valence-corrected chi connectivity index (χ3v) is 8.24. The van der Waals surface area contributed by atoms with Crippen molar-refractivity contribution in [3.8, 4) is 0 Å². The topological polar surface area (TPSA) is 119 Å². The van der Waals surface area contributed by atoms with Crippen LogP contribution in [-0.2, 0) is 28.2 Å². The zero-order valence-electron chi connectivity index (χ0n) is 31.3. The number of ether oxygens (including phenoxy) is 2. The fraction of sp³-hybridized carbons (Fsp3) is 0.659. The first-order chi connectivity index (χ1) is 24.3. The highest BCUT2D eigenvalue weighted by molar-refractivity contribution is 7.46. The molecule has 9 heteroatoms. The van der Waals surface area contributed by atoms with Crippen LogP contribution in [0.5, 0.6) is 0 Å². The van der Waals surface area contributed by atoms with Gasteiger partial charge in [-0.25, -0.2) is 4.57 Å². The van der Waals surface area contributed by atoms with E-state index >= 15 is 0 Å². The summed E-state index contributed by atoms with van der Waals surface area (Å²) >= 11 is 0. The van der Waals surface area contributed by atoms with E-state index in [2.05, 4.69) is 79.1 Å². The quantitative estimate of drug-likeness (QED) is 0.0292. The molecule has 0 aliphatic carbocycles. The maximum Gasteiger partial charge on any atom is 0.469 e. The van der Waals surface area contributed by atoms with Crippen LogP contribution in [0.2, 0.25) is 0 Å². The number of hydrogen-bond donors (Lipinski definition) is 2. The standard InChI is InChI=1S/C41H69O8P/c1-3-5-7-9-11-13-15-17-18-19-20-21-22-24-25-27-29-31-33-35-40(42)47-37-39(38-48-50(44,45)46)49-41(43)36-34-32-30-28-26-23-16-14-12-10-8-6-4-2/h5,7,11,13,17-18,20-21,24-25,29,31,39H,3-4,6,8-10,12,14-16,19,22-23,26-28,30,32-38H2,1-2H3,(H2,44,45,46)/b7-5+,13-11+,18-17+,21-20+,25-24+,31-29+/t39-/m1/s1. The van der Waals surface area contributed by atoms with E-state index in [0.717, 1.165) is 57.8 Å². The van der Waals surface area contributed by atoms with E-state index in [0.29, 0.717) is 12.8 Å². The lowest BCUT2D eigenvalue weighted by Crippen LogP contribution is -2.29. The molecule has 8 nitrogen and oxygen atoms in total. The molecule has 50 heavy (non-hydrogen) atoms. The molecule has 0 aromatic carbocycles. The summed E-state index contributed by atoms with van der Waals surface area (Å²) in [6, 6.07) is 0. The lowest BCUT2D eigenvalue weighted by molar-refractivity contribution is -0.161. The van der Waals surface area contributed by atoms with Gasteiger partial charge in [0.15, 0.2) is 6.10 Å². The number of allylic oxidation sites excluding steroid dienone is 12. The van der Waals surface area contributed by atoms with Gasteiger partial charge in [0.1, 0.15) is 6.61 Å². The van der Waals surface area contributed by atoms with Gasteiger partial charge in [-0.1, -0.05) is 164 Å². The van der Waals surface area contributed by atoms with E-state index in [4.69, 9.17) is 19.3 Å². The average Bonchev–Trinajstić information content (AvgIpc) is 3.08. The van der Waals surface area contributed by atoms with E-state index < -0.39 is 32.5 Å². The second-order valence-corrected chi connectivity index (χ2v) is 13.8. The van der Waals surface area contributed by atoms with Gasteiger partial charge in [-0.05, 0) is 51.4 Å². The lowest BCUT2D eigenvalue weighted by Gasteiger charge is -2.18. The Morgan fingerprint density at radius 1 is 0.540 bits per heavy atom. The maximum atomic E-state index is 12.3. The first-order valence-corrected chi connectivity index (χ1v) is 20.8. The number of esters is 2. The van der Waals surface area contributed by atoms with Gasteiger partial charge in [0.05, 0.1) is 6.61 Å². The number of hydrogen-bond acceptors (Lipinski definition) is 6. The zero-order valence-corrected chi connectivity index (χ0v) is 32.2. The van der Waals surface area contributed by atoms with Crippen molar-refractivity contribution in [1.29, 1.82) is 0 Å². The second kappa shape index (κ2) is 36.3. The maximum absolute atomic E-state index is 12.3. The number of carbonyl (C=O) groups excluding carboxylic acids is 2. The number of carbonyl (C=O) groups is 2. The number of phosphoric ester groups is 1. The number of phosphoric acid groups is 1. The summed E-state index contributed by atoms with van der Waals surface area (Å²) in [4.78, 5) is 42.7. The number of unbranched alkanes of at least 4 members (excludes halogenated alkanes) is 12. The Morgan fingerprint density at radius 2 is 0.960 bits per heavy atom. The van der Waals surface area contributed by atoms with E-state index in [9.17, 15) is 14.2 Å². The molecule has 0 unspecified atom stereocenters. The minimum atomic E-state index is -4.77. The minimum absolute atomic E-state index is 0.140. The zero-order chi connectivity index (χ0) is 36.8. The van der Waals surface area contributed by atoms with Gasteiger partial charge in [0.25, 0.3) is 0 Å². The Hall–Kier alpha value is -2.51. The molecule has 0 aromatic rings. The molecule has 2 N–H and O–H groups in total. The summed E-state index contributed by atoms with van der Waals surface area (Å²) in [6.45, 7) is 3.49. The number of rotatable bonds is 34. The highest BCUT2D eigenvalue weighted by atomic mass is 31.2. The molecule has 0 aromatic heterocycles. The smallest absolute Gasteiger partial charge is 0.462 e. The van der Waals surface area contributed by atoms with Crippen LogP contribution in [-0.4, -0.2) is 41.0 Å². The molecule has 0 radical (unpaired) electrons. The van der Waals surface area contributed by atoms with Gasteiger partial charge in [0.2, 0.25) is 0 Å². The highest BCUT2D eigenvalue weighted by Gasteiger charge is 2.22.